The minimum Gasteiger partial charge on any atom is -0.378 e. The Morgan fingerprint density at radius 1 is 1.27 bits per heavy atom. The highest BCUT2D eigenvalue weighted by Gasteiger charge is 2.23. The van der Waals surface area contributed by atoms with Gasteiger partial charge in [-0.05, 0) is 18.1 Å². The van der Waals surface area contributed by atoms with Gasteiger partial charge in [0, 0.05) is 32.7 Å². The Balaban J connectivity index is 0.000000847. The summed E-state index contributed by atoms with van der Waals surface area (Å²) in [5, 5.41) is 0. The summed E-state index contributed by atoms with van der Waals surface area (Å²) in [5.74, 6) is 0.806. The van der Waals surface area contributed by atoms with Crippen molar-refractivity contribution in [1.29, 1.82) is 0 Å². The van der Waals surface area contributed by atoms with Gasteiger partial charge >= 0.3 is 0 Å². The number of morpholine rings is 1. The molecule has 0 unspecified atom stereocenters. The number of amides is 1. The Morgan fingerprint density at radius 2 is 1.95 bits per heavy atom. The van der Waals surface area contributed by atoms with Crippen LogP contribution in [0, 0.1) is 5.92 Å². The molecule has 1 aromatic rings. The molecule has 2 aliphatic heterocycles. The molecule has 3 rings (SSSR count). The first kappa shape index (κ1) is 16.9. The van der Waals surface area contributed by atoms with Crippen molar-refractivity contribution in [2.75, 3.05) is 39.4 Å². The van der Waals surface area contributed by atoms with Gasteiger partial charge in [0.15, 0.2) is 0 Å². The van der Waals surface area contributed by atoms with Crippen molar-refractivity contribution in [2.45, 2.75) is 27.3 Å². The first-order chi connectivity index (χ1) is 10.7. The molecule has 0 bridgehead atoms. The van der Waals surface area contributed by atoms with Crippen LogP contribution < -0.4 is 0 Å². The van der Waals surface area contributed by atoms with Gasteiger partial charge in [-0.15, -0.1) is 0 Å². The van der Waals surface area contributed by atoms with Crippen LogP contribution in [0.1, 0.15) is 37.0 Å². The maximum absolute atomic E-state index is 12.4. The zero-order chi connectivity index (χ0) is 15.9. The fourth-order valence-corrected chi connectivity index (χ4v) is 2.80. The maximum Gasteiger partial charge on any atom is 0.272 e. The van der Waals surface area contributed by atoms with Crippen molar-refractivity contribution in [2.24, 2.45) is 5.92 Å². The second kappa shape index (κ2) is 8.25. The predicted octanol–water partition coefficient (Wildman–Crippen LogP) is 2.03. The Hall–Kier alpha value is -1.46. The van der Waals surface area contributed by atoms with Crippen LogP contribution in [0.5, 0.6) is 0 Å². The zero-order valence-electron chi connectivity index (χ0n) is 13.9. The average molecular weight is 305 g/mol. The first-order valence-electron chi connectivity index (χ1n) is 8.27. The largest absolute Gasteiger partial charge is 0.378 e. The molecule has 22 heavy (non-hydrogen) atoms. The van der Waals surface area contributed by atoms with E-state index in [1.807, 2.05) is 30.9 Å². The van der Waals surface area contributed by atoms with Crippen LogP contribution in [0.25, 0.3) is 0 Å². The zero-order valence-corrected chi connectivity index (χ0v) is 13.9. The highest BCUT2D eigenvalue weighted by Crippen LogP contribution is 2.17. The minimum atomic E-state index is 0.0205. The number of aromatic nitrogens is 1. The lowest BCUT2D eigenvalue weighted by Crippen LogP contribution is -2.44. The van der Waals surface area contributed by atoms with Gasteiger partial charge in [0.1, 0.15) is 5.69 Å². The van der Waals surface area contributed by atoms with Crippen LogP contribution in [0.15, 0.2) is 18.2 Å². The molecular formula is C17H27N3O2. The monoisotopic (exact) mass is 305 g/mol. The first-order valence-corrected chi connectivity index (χ1v) is 8.27. The van der Waals surface area contributed by atoms with Crippen molar-refractivity contribution in [3.8, 4) is 0 Å². The topological polar surface area (TPSA) is 45.7 Å². The average Bonchev–Trinajstić information content (AvgIpc) is 2.56. The van der Waals surface area contributed by atoms with E-state index < -0.39 is 0 Å². The molecule has 2 saturated heterocycles. The standard InChI is InChI=1S/C15H21N3O2.C2H6/c1-12-9-17(10-12)11-13-3-2-4-14(16-13)15(19)18-5-7-20-8-6-18;1-2/h2-4,12H,5-11H2,1H3;1-2H3. The number of hydrogen-bond donors (Lipinski definition) is 0. The van der Waals surface area contributed by atoms with Gasteiger partial charge in [0.05, 0.1) is 18.9 Å². The number of nitrogens with zero attached hydrogens (tertiary/aromatic N) is 3. The molecule has 0 saturated carbocycles. The number of carbonyl (C=O) groups is 1. The van der Waals surface area contributed by atoms with Crippen LogP contribution in [0.2, 0.25) is 0 Å². The van der Waals surface area contributed by atoms with E-state index in [0.717, 1.165) is 31.2 Å². The molecule has 0 aromatic carbocycles. The molecular weight excluding hydrogens is 278 g/mol. The lowest BCUT2D eigenvalue weighted by Gasteiger charge is -2.36. The van der Waals surface area contributed by atoms with Crippen molar-refractivity contribution in [3.63, 3.8) is 0 Å². The molecule has 5 nitrogen and oxygen atoms in total. The van der Waals surface area contributed by atoms with Crippen molar-refractivity contribution in [1.82, 2.24) is 14.8 Å². The van der Waals surface area contributed by atoms with Gasteiger partial charge in [0.2, 0.25) is 0 Å². The second-order valence-electron chi connectivity index (χ2n) is 5.72. The van der Waals surface area contributed by atoms with Crippen molar-refractivity contribution >= 4 is 5.91 Å². The number of carbonyl (C=O) groups excluding carboxylic acids is 1. The van der Waals surface area contributed by atoms with Gasteiger partial charge in [-0.3, -0.25) is 9.69 Å². The van der Waals surface area contributed by atoms with Gasteiger partial charge in [-0.25, -0.2) is 4.98 Å². The number of hydrogen-bond acceptors (Lipinski definition) is 4. The molecule has 0 aliphatic carbocycles. The Labute approximate surface area is 133 Å². The quantitative estimate of drug-likeness (QED) is 0.857. The van der Waals surface area contributed by atoms with E-state index in [9.17, 15) is 4.79 Å². The Kier molecular flexibility index (Phi) is 6.34. The Morgan fingerprint density at radius 3 is 2.59 bits per heavy atom. The number of rotatable bonds is 3. The third-order valence-corrected chi connectivity index (χ3v) is 3.85. The summed E-state index contributed by atoms with van der Waals surface area (Å²) < 4.78 is 5.27. The van der Waals surface area contributed by atoms with E-state index in [2.05, 4.69) is 16.8 Å². The summed E-state index contributed by atoms with van der Waals surface area (Å²) in [4.78, 5) is 21.1. The van der Waals surface area contributed by atoms with Crippen LogP contribution in [-0.4, -0.2) is 60.1 Å². The molecule has 2 aliphatic rings. The molecule has 2 fully saturated rings. The molecule has 0 atom stereocenters. The summed E-state index contributed by atoms with van der Waals surface area (Å²) in [7, 11) is 0. The minimum absolute atomic E-state index is 0.0205. The van der Waals surface area contributed by atoms with Crippen molar-refractivity contribution in [3.05, 3.63) is 29.6 Å². The highest BCUT2D eigenvalue weighted by molar-refractivity contribution is 5.92. The molecule has 1 amide bonds. The maximum atomic E-state index is 12.4. The molecule has 0 spiro atoms. The summed E-state index contributed by atoms with van der Waals surface area (Å²) >= 11 is 0. The van der Waals surface area contributed by atoms with E-state index in [-0.39, 0.29) is 5.91 Å². The van der Waals surface area contributed by atoms with E-state index in [1.165, 1.54) is 0 Å². The van der Waals surface area contributed by atoms with Crippen LogP contribution in [-0.2, 0) is 11.3 Å². The molecule has 122 valence electrons. The number of likely N-dealkylation sites (tertiary alicyclic amines) is 1. The second-order valence-corrected chi connectivity index (χ2v) is 5.72. The van der Waals surface area contributed by atoms with Crippen LogP contribution in [0.3, 0.4) is 0 Å². The summed E-state index contributed by atoms with van der Waals surface area (Å²) in [6.07, 6.45) is 0. The van der Waals surface area contributed by atoms with E-state index in [4.69, 9.17) is 4.74 Å². The predicted molar refractivity (Wildman–Crippen MR) is 86.7 cm³/mol. The molecule has 0 radical (unpaired) electrons. The van der Waals surface area contributed by atoms with Crippen LogP contribution >= 0.6 is 0 Å². The number of ether oxygens (including phenoxy) is 1. The van der Waals surface area contributed by atoms with Crippen LogP contribution in [0.4, 0.5) is 0 Å². The van der Waals surface area contributed by atoms with Gasteiger partial charge < -0.3 is 9.64 Å². The highest BCUT2D eigenvalue weighted by atomic mass is 16.5. The Bertz CT molecular complexity index is 481. The molecule has 3 heterocycles. The van der Waals surface area contributed by atoms with Crippen molar-refractivity contribution < 1.29 is 9.53 Å². The summed E-state index contributed by atoms with van der Waals surface area (Å²) in [6.45, 7) is 11.9. The van der Waals surface area contributed by atoms with Gasteiger partial charge in [-0.2, -0.15) is 0 Å². The summed E-state index contributed by atoms with van der Waals surface area (Å²) in [6, 6.07) is 5.73. The molecule has 1 aromatic heterocycles. The lowest BCUT2D eigenvalue weighted by molar-refractivity contribution is 0.0298. The fourth-order valence-electron chi connectivity index (χ4n) is 2.80. The van der Waals surface area contributed by atoms with Gasteiger partial charge in [0.25, 0.3) is 5.91 Å². The van der Waals surface area contributed by atoms with Gasteiger partial charge in [-0.1, -0.05) is 26.8 Å². The molecule has 5 heteroatoms. The van der Waals surface area contributed by atoms with E-state index in [0.29, 0.717) is 32.0 Å². The third kappa shape index (κ3) is 4.27. The van der Waals surface area contributed by atoms with E-state index >= 15 is 0 Å². The lowest BCUT2D eigenvalue weighted by atomic mass is 10.0. The number of pyridine rings is 1. The normalized spacial score (nSPS) is 19.1. The third-order valence-electron chi connectivity index (χ3n) is 3.85. The summed E-state index contributed by atoms with van der Waals surface area (Å²) in [5.41, 5.74) is 1.54. The fraction of sp³-hybridized carbons (Fsp3) is 0.647. The smallest absolute Gasteiger partial charge is 0.272 e. The SMILES string of the molecule is CC.CC1CN(Cc2cccc(C(=O)N3CCOCC3)n2)C1. The van der Waals surface area contributed by atoms with E-state index in [1.54, 1.807) is 6.07 Å². The molecule has 0 N–H and O–H groups in total.